The van der Waals surface area contributed by atoms with Crippen LogP contribution in [0.15, 0.2) is 52.4 Å². The quantitative estimate of drug-likeness (QED) is 0.556. The minimum Gasteiger partial charge on any atom is -0.493 e. The molecule has 1 aromatic heterocycles. The summed E-state index contributed by atoms with van der Waals surface area (Å²) in [6.07, 6.45) is 1.78. The molecule has 25 heavy (non-hydrogen) atoms. The van der Waals surface area contributed by atoms with E-state index in [2.05, 4.69) is 51.4 Å². The summed E-state index contributed by atoms with van der Waals surface area (Å²) in [4.78, 5) is 4.23. The fraction of sp³-hybridized carbons (Fsp3) is 0.211. The highest BCUT2D eigenvalue weighted by Crippen LogP contribution is 2.34. The summed E-state index contributed by atoms with van der Waals surface area (Å²) in [7, 11) is 1.65. The van der Waals surface area contributed by atoms with Crippen LogP contribution in [0.2, 0.25) is 0 Å². The SMILES string of the molecule is COc1cc(CNc2nccs2)c(Br)cc1OCc1cccc(C)c1. The molecule has 0 aliphatic carbocycles. The van der Waals surface area contributed by atoms with E-state index in [4.69, 9.17) is 9.47 Å². The van der Waals surface area contributed by atoms with Gasteiger partial charge in [0.1, 0.15) is 6.61 Å². The largest absolute Gasteiger partial charge is 0.493 e. The van der Waals surface area contributed by atoms with E-state index >= 15 is 0 Å². The van der Waals surface area contributed by atoms with Crippen molar-refractivity contribution in [2.45, 2.75) is 20.1 Å². The van der Waals surface area contributed by atoms with Gasteiger partial charge in [-0.3, -0.25) is 0 Å². The van der Waals surface area contributed by atoms with Crippen molar-refractivity contribution in [1.29, 1.82) is 0 Å². The van der Waals surface area contributed by atoms with Gasteiger partial charge in [0, 0.05) is 22.6 Å². The van der Waals surface area contributed by atoms with Gasteiger partial charge in [0.05, 0.1) is 7.11 Å². The molecule has 3 rings (SSSR count). The first-order valence-electron chi connectivity index (χ1n) is 7.84. The topological polar surface area (TPSA) is 43.4 Å². The number of hydrogen-bond donors (Lipinski definition) is 1. The molecule has 130 valence electrons. The Bertz CT molecular complexity index is 837. The highest BCUT2D eigenvalue weighted by molar-refractivity contribution is 9.10. The van der Waals surface area contributed by atoms with Crippen molar-refractivity contribution in [3.8, 4) is 11.5 Å². The zero-order valence-corrected chi connectivity index (χ0v) is 16.5. The molecule has 6 heteroatoms. The molecule has 0 bridgehead atoms. The highest BCUT2D eigenvalue weighted by atomic mass is 79.9. The molecule has 0 spiro atoms. The third-order valence-corrected chi connectivity index (χ3v) is 5.14. The molecule has 1 N–H and O–H groups in total. The Morgan fingerprint density at radius 3 is 2.80 bits per heavy atom. The molecular formula is C19H19BrN2O2S. The summed E-state index contributed by atoms with van der Waals surface area (Å²) in [5.41, 5.74) is 3.43. The summed E-state index contributed by atoms with van der Waals surface area (Å²) in [6, 6.07) is 12.2. The fourth-order valence-electron chi connectivity index (χ4n) is 2.43. The molecule has 0 radical (unpaired) electrons. The van der Waals surface area contributed by atoms with Crippen molar-refractivity contribution in [1.82, 2.24) is 4.98 Å². The molecule has 0 amide bonds. The monoisotopic (exact) mass is 418 g/mol. The van der Waals surface area contributed by atoms with Gasteiger partial charge < -0.3 is 14.8 Å². The Morgan fingerprint density at radius 1 is 1.20 bits per heavy atom. The average molecular weight is 419 g/mol. The lowest BCUT2D eigenvalue weighted by atomic mass is 10.1. The number of anilines is 1. The Kier molecular flexibility index (Phi) is 5.94. The number of nitrogens with zero attached hydrogens (tertiary/aromatic N) is 1. The van der Waals surface area contributed by atoms with Crippen LogP contribution in [0, 0.1) is 6.92 Å². The first kappa shape index (κ1) is 17.8. The molecule has 1 heterocycles. The maximum Gasteiger partial charge on any atom is 0.182 e. The van der Waals surface area contributed by atoms with Gasteiger partial charge in [0.25, 0.3) is 0 Å². The zero-order valence-electron chi connectivity index (χ0n) is 14.1. The third-order valence-electron chi connectivity index (χ3n) is 3.67. The molecule has 3 aromatic rings. The van der Waals surface area contributed by atoms with E-state index in [0.29, 0.717) is 24.7 Å². The summed E-state index contributed by atoms with van der Waals surface area (Å²) >= 11 is 5.19. The Hall–Kier alpha value is -2.05. The molecule has 0 saturated heterocycles. The normalized spacial score (nSPS) is 10.5. The van der Waals surface area contributed by atoms with E-state index in [1.807, 2.05) is 23.6 Å². The van der Waals surface area contributed by atoms with E-state index in [-0.39, 0.29) is 0 Å². The molecule has 0 atom stereocenters. The van der Waals surface area contributed by atoms with Crippen LogP contribution in [0.4, 0.5) is 5.13 Å². The van der Waals surface area contributed by atoms with E-state index in [0.717, 1.165) is 20.7 Å². The lowest BCUT2D eigenvalue weighted by Crippen LogP contribution is -2.03. The molecule has 0 unspecified atom stereocenters. The molecule has 0 fully saturated rings. The molecule has 0 aliphatic rings. The number of thiazole rings is 1. The van der Waals surface area contributed by atoms with Crippen molar-refractivity contribution in [3.63, 3.8) is 0 Å². The fourth-order valence-corrected chi connectivity index (χ4v) is 3.42. The van der Waals surface area contributed by atoms with Gasteiger partial charge in [-0.15, -0.1) is 11.3 Å². The van der Waals surface area contributed by atoms with Crippen LogP contribution in [-0.2, 0) is 13.2 Å². The average Bonchev–Trinajstić information content (AvgIpc) is 3.12. The van der Waals surface area contributed by atoms with E-state index in [1.165, 1.54) is 5.56 Å². The van der Waals surface area contributed by atoms with Crippen molar-refractivity contribution in [3.05, 3.63) is 69.1 Å². The molecule has 2 aromatic carbocycles. The lowest BCUT2D eigenvalue weighted by molar-refractivity contribution is 0.284. The maximum atomic E-state index is 5.97. The zero-order chi connectivity index (χ0) is 17.6. The standard InChI is InChI=1S/C19H19BrN2O2S/c1-13-4-3-5-14(8-13)12-24-18-10-16(20)15(9-17(18)23-2)11-22-19-21-6-7-25-19/h3-10H,11-12H2,1-2H3,(H,21,22). The first-order chi connectivity index (χ1) is 12.2. The van der Waals surface area contributed by atoms with Crippen LogP contribution in [0.25, 0.3) is 0 Å². The van der Waals surface area contributed by atoms with Gasteiger partial charge in [-0.1, -0.05) is 45.8 Å². The van der Waals surface area contributed by atoms with Crippen LogP contribution in [0.1, 0.15) is 16.7 Å². The van der Waals surface area contributed by atoms with E-state index < -0.39 is 0 Å². The molecular weight excluding hydrogens is 400 g/mol. The summed E-state index contributed by atoms with van der Waals surface area (Å²) in [5, 5.41) is 6.14. The van der Waals surface area contributed by atoms with Crippen LogP contribution in [0.5, 0.6) is 11.5 Å². The second kappa shape index (κ2) is 8.36. The number of rotatable bonds is 7. The van der Waals surface area contributed by atoms with Gasteiger partial charge in [0.2, 0.25) is 0 Å². The number of nitrogens with one attached hydrogen (secondary N) is 1. The van der Waals surface area contributed by atoms with Crippen LogP contribution in [0.3, 0.4) is 0 Å². The Labute approximate surface area is 160 Å². The number of hydrogen-bond acceptors (Lipinski definition) is 5. The van der Waals surface area contributed by atoms with Gasteiger partial charge >= 0.3 is 0 Å². The predicted molar refractivity (Wildman–Crippen MR) is 106 cm³/mol. The van der Waals surface area contributed by atoms with Crippen molar-refractivity contribution >= 4 is 32.4 Å². The summed E-state index contributed by atoms with van der Waals surface area (Å²) in [5.74, 6) is 1.43. The lowest BCUT2D eigenvalue weighted by Gasteiger charge is -2.14. The van der Waals surface area contributed by atoms with Gasteiger partial charge in [-0.2, -0.15) is 0 Å². The van der Waals surface area contributed by atoms with Gasteiger partial charge in [-0.25, -0.2) is 4.98 Å². The highest BCUT2D eigenvalue weighted by Gasteiger charge is 2.11. The van der Waals surface area contributed by atoms with Crippen molar-refractivity contribution in [2.75, 3.05) is 12.4 Å². The van der Waals surface area contributed by atoms with Crippen LogP contribution < -0.4 is 14.8 Å². The maximum absolute atomic E-state index is 5.97. The molecule has 0 aliphatic heterocycles. The smallest absolute Gasteiger partial charge is 0.182 e. The minimum atomic E-state index is 0.501. The van der Waals surface area contributed by atoms with Gasteiger partial charge in [0.15, 0.2) is 16.6 Å². The van der Waals surface area contributed by atoms with E-state index in [1.54, 1.807) is 24.6 Å². The number of aromatic nitrogens is 1. The number of methoxy groups -OCH3 is 1. The van der Waals surface area contributed by atoms with E-state index in [9.17, 15) is 0 Å². The summed E-state index contributed by atoms with van der Waals surface area (Å²) in [6.45, 7) is 3.23. The Morgan fingerprint density at radius 2 is 2.08 bits per heavy atom. The van der Waals surface area contributed by atoms with Crippen LogP contribution >= 0.6 is 27.3 Å². The van der Waals surface area contributed by atoms with Gasteiger partial charge in [-0.05, 0) is 30.2 Å². The number of benzene rings is 2. The minimum absolute atomic E-state index is 0.501. The van der Waals surface area contributed by atoms with Crippen LogP contribution in [-0.4, -0.2) is 12.1 Å². The van der Waals surface area contributed by atoms with Crippen molar-refractivity contribution < 1.29 is 9.47 Å². The first-order valence-corrected chi connectivity index (χ1v) is 9.51. The third kappa shape index (κ3) is 4.74. The summed E-state index contributed by atoms with van der Waals surface area (Å²) < 4.78 is 12.4. The second-order valence-corrected chi connectivity index (χ2v) is 7.31. The van der Waals surface area contributed by atoms with Crippen molar-refractivity contribution in [2.24, 2.45) is 0 Å². The Balaban J connectivity index is 1.72. The number of halogens is 1. The molecule has 0 saturated carbocycles. The second-order valence-electron chi connectivity index (χ2n) is 5.56. The number of ether oxygens (including phenoxy) is 2. The predicted octanol–water partition coefficient (Wildman–Crippen LogP) is 5.41. The number of aryl methyl sites for hydroxylation is 1. The molecule has 4 nitrogen and oxygen atoms in total.